The fourth-order valence-electron chi connectivity index (χ4n) is 3.52. The highest BCUT2D eigenvalue weighted by molar-refractivity contribution is 5.79. The Morgan fingerprint density at radius 3 is 2.62 bits per heavy atom. The molecule has 26 heavy (non-hydrogen) atoms. The SMILES string of the molecule is CCCO[C@H]1C[C@@H](C(=O)NC2CCC2)CC[C@@H]1Nc1ncc(OC)cn1. The van der Waals surface area contributed by atoms with Crippen LogP contribution in [-0.2, 0) is 9.53 Å². The fourth-order valence-corrected chi connectivity index (χ4v) is 3.52. The summed E-state index contributed by atoms with van der Waals surface area (Å²) in [5, 5.41) is 6.57. The monoisotopic (exact) mass is 362 g/mol. The van der Waals surface area contributed by atoms with Gasteiger partial charge in [0.1, 0.15) is 0 Å². The molecule has 3 rings (SSSR count). The number of nitrogens with zero attached hydrogens (tertiary/aromatic N) is 2. The molecule has 1 heterocycles. The first-order valence-corrected chi connectivity index (χ1v) is 9.74. The van der Waals surface area contributed by atoms with Crippen LogP contribution in [-0.4, -0.2) is 47.8 Å². The van der Waals surface area contributed by atoms with Gasteiger partial charge in [0.2, 0.25) is 11.9 Å². The standard InChI is InChI=1S/C19H30N4O3/c1-3-9-26-17-10-13(18(24)22-14-5-4-6-14)7-8-16(17)23-19-20-11-15(25-2)12-21-19/h11-14,16-17H,3-10H2,1-2H3,(H,22,24)(H,20,21,23)/t13-,16-,17-/m0/s1. The second kappa shape index (κ2) is 9.16. The van der Waals surface area contributed by atoms with Crippen LogP contribution in [0.2, 0.25) is 0 Å². The molecule has 0 bridgehead atoms. The van der Waals surface area contributed by atoms with Crippen molar-refractivity contribution in [1.29, 1.82) is 0 Å². The van der Waals surface area contributed by atoms with Gasteiger partial charge in [0, 0.05) is 18.6 Å². The van der Waals surface area contributed by atoms with Crippen molar-refractivity contribution in [3.8, 4) is 5.75 Å². The predicted molar refractivity (Wildman–Crippen MR) is 99.1 cm³/mol. The molecule has 2 aliphatic rings. The molecule has 0 spiro atoms. The molecule has 1 aromatic rings. The van der Waals surface area contributed by atoms with Crippen molar-refractivity contribution in [3.63, 3.8) is 0 Å². The van der Waals surface area contributed by atoms with Crippen LogP contribution in [0.15, 0.2) is 12.4 Å². The van der Waals surface area contributed by atoms with Gasteiger partial charge in [-0.15, -0.1) is 0 Å². The summed E-state index contributed by atoms with van der Waals surface area (Å²) in [5.41, 5.74) is 0. The highest BCUT2D eigenvalue weighted by Crippen LogP contribution is 2.30. The number of rotatable bonds is 8. The minimum Gasteiger partial charge on any atom is -0.494 e. The van der Waals surface area contributed by atoms with E-state index in [4.69, 9.17) is 9.47 Å². The van der Waals surface area contributed by atoms with Gasteiger partial charge in [-0.05, 0) is 44.9 Å². The Kier molecular flexibility index (Phi) is 6.66. The average molecular weight is 362 g/mol. The minimum absolute atomic E-state index is 0.00783. The zero-order chi connectivity index (χ0) is 18.4. The van der Waals surface area contributed by atoms with E-state index in [0.29, 0.717) is 24.3 Å². The van der Waals surface area contributed by atoms with E-state index in [1.165, 1.54) is 6.42 Å². The number of aromatic nitrogens is 2. The summed E-state index contributed by atoms with van der Waals surface area (Å²) in [7, 11) is 1.59. The summed E-state index contributed by atoms with van der Waals surface area (Å²) in [5.74, 6) is 1.43. The van der Waals surface area contributed by atoms with Crippen molar-refractivity contribution in [2.24, 2.45) is 5.92 Å². The second-order valence-corrected chi connectivity index (χ2v) is 7.25. The van der Waals surface area contributed by atoms with E-state index in [-0.39, 0.29) is 24.0 Å². The molecule has 1 amide bonds. The first-order valence-electron chi connectivity index (χ1n) is 9.74. The molecule has 7 heteroatoms. The quantitative estimate of drug-likeness (QED) is 0.739. The molecule has 2 N–H and O–H groups in total. The zero-order valence-corrected chi connectivity index (χ0v) is 15.7. The molecular formula is C19H30N4O3. The second-order valence-electron chi connectivity index (χ2n) is 7.25. The molecule has 3 atom stereocenters. The van der Waals surface area contributed by atoms with Crippen LogP contribution < -0.4 is 15.4 Å². The number of carbonyl (C=O) groups excluding carboxylic acids is 1. The Morgan fingerprint density at radius 1 is 1.23 bits per heavy atom. The van der Waals surface area contributed by atoms with Crippen LogP contribution >= 0.6 is 0 Å². The highest BCUT2D eigenvalue weighted by Gasteiger charge is 2.36. The first-order chi connectivity index (χ1) is 12.7. The van der Waals surface area contributed by atoms with Crippen LogP contribution in [0, 0.1) is 5.92 Å². The van der Waals surface area contributed by atoms with Gasteiger partial charge in [-0.2, -0.15) is 0 Å². The van der Waals surface area contributed by atoms with Gasteiger partial charge in [0.05, 0.1) is 31.6 Å². The van der Waals surface area contributed by atoms with Crippen LogP contribution in [0.4, 0.5) is 5.95 Å². The van der Waals surface area contributed by atoms with E-state index < -0.39 is 0 Å². The molecule has 144 valence electrons. The molecule has 0 radical (unpaired) electrons. The maximum absolute atomic E-state index is 12.5. The normalized spacial score (nSPS) is 26.0. The predicted octanol–water partition coefficient (Wildman–Crippen LogP) is 2.53. The molecule has 7 nitrogen and oxygen atoms in total. The number of methoxy groups -OCH3 is 1. The van der Waals surface area contributed by atoms with Gasteiger partial charge in [0.15, 0.2) is 5.75 Å². The van der Waals surface area contributed by atoms with Crippen LogP contribution in [0.3, 0.4) is 0 Å². The lowest BCUT2D eigenvalue weighted by molar-refractivity contribution is -0.129. The number of carbonyl (C=O) groups is 1. The van der Waals surface area contributed by atoms with Crippen molar-refractivity contribution in [3.05, 3.63) is 12.4 Å². The highest BCUT2D eigenvalue weighted by atomic mass is 16.5. The molecule has 0 aliphatic heterocycles. The summed E-state index contributed by atoms with van der Waals surface area (Å²) < 4.78 is 11.2. The van der Waals surface area contributed by atoms with Crippen molar-refractivity contribution in [2.75, 3.05) is 19.0 Å². The summed E-state index contributed by atoms with van der Waals surface area (Å²) in [4.78, 5) is 21.1. The van der Waals surface area contributed by atoms with Gasteiger partial charge in [-0.1, -0.05) is 6.92 Å². The number of anilines is 1. The molecule has 0 unspecified atom stereocenters. The largest absolute Gasteiger partial charge is 0.494 e. The summed E-state index contributed by atoms with van der Waals surface area (Å²) in [6, 6.07) is 0.503. The molecule has 2 saturated carbocycles. The summed E-state index contributed by atoms with van der Waals surface area (Å²) in [6.45, 7) is 2.79. The van der Waals surface area contributed by atoms with E-state index >= 15 is 0 Å². The maximum atomic E-state index is 12.5. The first kappa shape index (κ1) is 18.9. The number of amides is 1. The van der Waals surface area contributed by atoms with Gasteiger partial charge in [-0.3, -0.25) is 4.79 Å². The lowest BCUT2D eigenvalue weighted by Gasteiger charge is -2.37. The minimum atomic E-state index is -0.00783. The Hall–Kier alpha value is -1.89. The topological polar surface area (TPSA) is 85.4 Å². The Bertz CT molecular complexity index is 577. The van der Waals surface area contributed by atoms with E-state index in [9.17, 15) is 4.79 Å². The lowest BCUT2D eigenvalue weighted by Crippen LogP contribution is -2.48. The molecule has 1 aromatic heterocycles. The fraction of sp³-hybridized carbons (Fsp3) is 0.737. The smallest absolute Gasteiger partial charge is 0.223 e. The number of hydrogen-bond donors (Lipinski definition) is 2. The maximum Gasteiger partial charge on any atom is 0.223 e. The molecular weight excluding hydrogens is 332 g/mol. The lowest BCUT2D eigenvalue weighted by atomic mass is 9.82. The molecule has 2 fully saturated rings. The third kappa shape index (κ3) is 4.84. The summed E-state index contributed by atoms with van der Waals surface area (Å²) >= 11 is 0. The Morgan fingerprint density at radius 2 is 2.00 bits per heavy atom. The summed E-state index contributed by atoms with van der Waals surface area (Å²) in [6.07, 6.45) is 10.2. The van der Waals surface area contributed by atoms with Crippen LogP contribution in [0.1, 0.15) is 51.9 Å². The van der Waals surface area contributed by atoms with Crippen LogP contribution in [0.25, 0.3) is 0 Å². The third-order valence-corrected chi connectivity index (χ3v) is 5.33. The Labute approximate surface area is 155 Å². The number of ether oxygens (including phenoxy) is 2. The van der Waals surface area contributed by atoms with Gasteiger partial charge in [-0.25, -0.2) is 9.97 Å². The van der Waals surface area contributed by atoms with Crippen molar-refractivity contribution < 1.29 is 14.3 Å². The van der Waals surface area contributed by atoms with E-state index in [2.05, 4.69) is 27.5 Å². The van der Waals surface area contributed by atoms with Gasteiger partial charge in [0.25, 0.3) is 0 Å². The van der Waals surface area contributed by atoms with E-state index in [1.807, 2.05) is 0 Å². The number of hydrogen-bond acceptors (Lipinski definition) is 6. The van der Waals surface area contributed by atoms with Crippen molar-refractivity contribution in [2.45, 2.75) is 70.1 Å². The zero-order valence-electron chi connectivity index (χ0n) is 15.7. The Balaban J connectivity index is 1.58. The number of nitrogens with one attached hydrogen (secondary N) is 2. The average Bonchev–Trinajstić information content (AvgIpc) is 2.64. The van der Waals surface area contributed by atoms with Crippen molar-refractivity contribution in [1.82, 2.24) is 15.3 Å². The molecule has 2 aliphatic carbocycles. The van der Waals surface area contributed by atoms with Crippen LogP contribution in [0.5, 0.6) is 5.75 Å². The van der Waals surface area contributed by atoms with E-state index in [1.54, 1.807) is 19.5 Å². The van der Waals surface area contributed by atoms with E-state index in [0.717, 1.165) is 38.5 Å². The molecule has 0 aromatic carbocycles. The van der Waals surface area contributed by atoms with Gasteiger partial charge < -0.3 is 20.1 Å². The van der Waals surface area contributed by atoms with Crippen molar-refractivity contribution >= 4 is 11.9 Å². The van der Waals surface area contributed by atoms with Gasteiger partial charge >= 0.3 is 0 Å². The molecule has 0 saturated heterocycles. The third-order valence-electron chi connectivity index (χ3n) is 5.33.